The van der Waals surface area contributed by atoms with Crippen molar-refractivity contribution in [2.45, 2.75) is 26.9 Å². The second-order valence-electron chi connectivity index (χ2n) is 10.1. The number of hydrazone groups is 1. The van der Waals surface area contributed by atoms with Gasteiger partial charge in [-0.25, -0.2) is 5.43 Å². The van der Waals surface area contributed by atoms with Crippen molar-refractivity contribution >= 4 is 28.1 Å². The van der Waals surface area contributed by atoms with E-state index in [9.17, 15) is 4.79 Å². The number of aryl methyl sites for hydroxylation is 1. The zero-order valence-electron chi connectivity index (χ0n) is 22.5. The molecular weight excluding hydrogens is 550 g/mol. The summed E-state index contributed by atoms with van der Waals surface area (Å²) in [5.41, 5.74) is 10.1. The molecule has 1 aliphatic heterocycles. The first-order valence-electron chi connectivity index (χ1n) is 13.3. The fourth-order valence-corrected chi connectivity index (χ4v) is 5.36. The molecule has 0 bridgehead atoms. The number of piperazine rings is 1. The van der Waals surface area contributed by atoms with Crippen LogP contribution in [-0.2, 0) is 13.1 Å². The van der Waals surface area contributed by atoms with Crippen LogP contribution in [0.25, 0.3) is 5.69 Å². The van der Waals surface area contributed by atoms with Gasteiger partial charge in [0.05, 0.1) is 6.21 Å². The highest BCUT2D eigenvalue weighted by molar-refractivity contribution is 9.10. The third-order valence-electron chi connectivity index (χ3n) is 7.26. The van der Waals surface area contributed by atoms with Gasteiger partial charge in [-0.3, -0.25) is 14.6 Å². The Labute approximate surface area is 239 Å². The molecule has 1 amide bonds. The molecule has 1 N–H and O–H groups in total. The molecule has 0 atom stereocenters. The van der Waals surface area contributed by atoms with Gasteiger partial charge in [0.25, 0.3) is 5.91 Å². The summed E-state index contributed by atoms with van der Waals surface area (Å²) >= 11 is 3.49. The molecule has 1 aliphatic rings. The maximum absolute atomic E-state index is 12.7. The van der Waals surface area contributed by atoms with E-state index in [1.807, 2.05) is 36.4 Å². The number of hydrogen-bond donors (Lipinski definition) is 1. The Balaban J connectivity index is 1.11. The lowest BCUT2D eigenvalue weighted by molar-refractivity contribution is 0.0955. The van der Waals surface area contributed by atoms with Crippen molar-refractivity contribution in [1.82, 2.24) is 19.8 Å². The molecule has 1 fully saturated rings. The van der Waals surface area contributed by atoms with E-state index in [0.717, 1.165) is 66.4 Å². The number of hydrogen-bond acceptors (Lipinski definition) is 4. The quantitative estimate of drug-likeness (QED) is 0.206. The van der Waals surface area contributed by atoms with Crippen LogP contribution < -0.4 is 5.43 Å². The minimum Gasteiger partial charge on any atom is -0.318 e. The summed E-state index contributed by atoms with van der Waals surface area (Å²) in [6.45, 7) is 10.3. The fraction of sp³-hybridized carbons (Fsp3) is 0.250. The number of carbonyl (C=O) groups excluding carboxylic acids is 1. The largest absolute Gasteiger partial charge is 0.318 e. The number of halogens is 1. The lowest BCUT2D eigenvalue weighted by atomic mass is 10.1. The lowest BCUT2D eigenvalue weighted by Gasteiger charge is -2.34. The topological polar surface area (TPSA) is 52.9 Å². The molecular formula is C32H34BrN5O. The third-order valence-corrected chi connectivity index (χ3v) is 7.79. The highest BCUT2D eigenvalue weighted by Gasteiger charge is 2.17. The smallest absolute Gasteiger partial charge is 0.271 e. The van der Waals surface area contributed by atoms with Gasteiger partial charge in [0.15, 0.2) is 0 Å². The summed E-state index contributed by atoms with van der Waals surface area (Å²) in [4.78, 5) is 17.7. The molecule has 200 valence electrons. The molecule has 0 aliphatic carbocycles. The van der Waals surface area contributed by atoms with E-state index >= 15 is 0 Å². The number of benzene rings is 3. The van der Waals surface area contributed by atoms with E-state index in [2.05, 4.69) is 103 Å². The van der Waals surface area contributed by atoms with Gasteiger partial charge in [0, 0.05) is 71.9 Å². The minimum atomic E-state index is -0.214. The number of rotatable bonds is 8. The average Bonchev–Trinajstić information content (AvgIpc) is 3.23. The van der Waals surface area contributed by atoms with E-state index in [1.165, 1.54) is 11.1 Å². The van der Waals surface area contributed by atoms with Crippen molar-refractivity contribution in [2.24, 2.45) is 5.10 Å². The maximum Gasteiger partial charge on any atom is 0.271 e. The predicted molar refractivity (Wildman–Crippen MR) is 161 cm³/mol. The Morgan fingerprint density at radius 3 is 2.05 bits per heavy atom. The molecule has 0 saturated carbocycles. The third kappa shape index (κ3) is 6.92. The van der Waals surface area contributed by atoms with Gasteiger partial charge in [-0.05, 0) is 67.4 Å². The molecule has 7 heteroatoms. The first-order valence-corrected chi connectivity index (χ1v) is 14.1. The number of nitrogens with one attached hydrogen (secondary N) is 1. The molecule has 2 heterocycles. The van der Waals surface area contributed by atoms with Crippen molar-refractivity contribution < 1.29 is 4.79 Å². The van der Waals surface area contributed by atoms with Crippen LogP contribution in [-0.4, -0.2) is 52.7 Å². The van der Waals surface area contributed by atoms with Crippen molar-refractivity contribution in [1.29, 1.82) is 0 Å². The second-order valence-corrected chi connectivity index (χ2v) is 11.0. The first kappa shape index (κ1) is 27.1. The normalized spacial score (nSPS) is 14.6. The SMILES string of the molecule is Cc1cc(/C=N/NC(=O)c2ccc(CN3CCN(Cc4ccccc4)CC3)cc2)c(C)n1-c1ccc(Br)cc1. The van der Waals surface area contributed by atoms with Crippen molar-refractivity contribution in [3.63, 3.8) is 0 Å². The molecule has 6 nitrogen and oxygen atoms in total. The predicted octanol–water partition coefficient (Wildman–Crippen LogP) is 5.94. The number of amides is 1. The van der Waals surface area contributed by atoms with E-state index in [1.54, 1.807) is 6.21 Å². The summed E-state index contributed by atoms with van der Waals surface area (Å²) in [5, 5.41) is 4.24. The Kier molecular flexibility index (Phi) is 8.71. The van der Waals surface area contributed by atoms with Crippen LogP contribution in [0.3, 0.4) is 0 Å². The van der Waals surface area contributed by atoms with Gasteiger partial charge >= 0.3 is 0 Å². The van der Waals surface area contributed by atoms with E-state index < -0.39 is 0 Å². The zero-order valence-corrected chi connectivity index (χ0v) is 24.1. The van der Waals surface area contributed by atoms with Gasteiger partial charge in [-0.15, -0.1) is 0 Å². The molecule has 5 rings (SSSR count). The van der Waals surface area contributed by atoms with Gasteiger partial charge < -0.3 is 4.57 Å². The standard InChI is InChI=1S/C32H34BrN5O/c1-24-20-29(25(2)38(24)31-14-12-30(33)13-15-31)21-34-35-32(39)28-10-8-27(9-11-28)23-37-18-16-36(17-19-37)22-26-6-4-3-5-7-26/h3-15,20-21H,16-19,22-23H2,1-2H3,(H,35,39)/b34-21+. The monoisotopic (exact) mass is 583 g/mol. The van der Waals surface area contributed by atoms with Crippen LogP contribution in [0.15, 0.2) is 94.5 Å². The van der Waals surface area contributed by atoms with Gasteiger partial charge in [0.2, 0.25) is 0 Å². The molecule has 39 heavy (non-hydrogen) atoms. The summed E-state index contributed by atoms with van der Waals surface area (Å²) in [6, 6.07) is 28.8. The number of carbonyl (C=O) groups is 1. The van der Waals surface area contributed by atoms with Crippen LogP contribution in [0.4, 0.5) is 0 Å². The second kappa shape index (κ2) is 12.6. The van der Waals surface area contributed by atoms with Crippen LogP contribution in [0, 0.1) is 13.8 Å². The highest BCUT2D eigenvalue weighted by atomic mass is 79.9. The van der Waals surface area contributed by atoms with Crippen molar-refractivity contribution in [2.75, 3.05) is 26.2 Å². The minimum absolute atomic E-state index is 0.214. The van der Waals surface area contributed by atoms with E-state index in [4.69, 9.17) is 0 Å². The summed E-state index contributed by atoms with van der Waals surface area (Å²) in [5.74, 6) is -0.214. The van der Waals surface area contributed by atoms with E-state index in [-0.39, 0.29) is 5.91 Å². The Bertz CT molecular complexity index is 1420. The molecule has 0 unspecified atom stereocenters. The molecule has 0 radical (unpaired) electrons. The van der Waals surface area contributed by atoms with Gasteiger partial charge in [0.1, 0.15) is 0 Å². The van der Waals surface area contributed by atoms with Crippen LogP contribution in [0.2, 0.25) is 0 Å². The van der Waals surface area contributed by atoms with Gasteiger partial charge in [-0.1, -0.05) is 58.4 Å². The fourth-order valence-electron chi connectivity index (χ4n) is 5.10. The van der Waals surface area contributed by atoms with Crippen molar-refractivity contribution in [3.05, 3.63) is 123 Å². The molecule has 4 aromatic rings. The van der Waals surface area contributed by atoms with Crippen LogP contribution in [0.5, 0.6) is 0 Å². The lowest BCUT2D eigenvalue weighted by Crippen LogP contribution is -2.45. The molecule has 1 aromatic heterocycles. The summed E-state index contributed by atoms with van der Waals surface area (Å²) < 4.78 is 3.22. The highest BCUT2D eigenvalue weighted by Crippen LogP contribution is 2.21. The van der Waals surface area contributed by atoms with Gasteiger partial charge in [-0.2, -0.15) is 5.10 Å². The molecule has 1 saturated heterocycles. The molecule has 3 aromatic carbocycles. The zero-order chi connectivity index (χ0) is 27.2. The number of aromatic nitrogens is 1. The average molecular weight is 585 g/mol. The first-order chi connectivity index (χ1) is 19.0. The number of nitrogens with zero attached hydrogens (tertiary/aromatic N) is 4. The van der Waals surface area contributed by atoms with Crippen LogP contribution in [0.1, 0.15) is 38.4 Å². The van der Waals surface area contributed by atoms with E-state index in [0.29, 0.717) is 5.56 Å². The Hall–Kier alpha value is -3.52. The Morgan fingerprint density at radius 2 is 1.44 bits per heavy atom. The van der Waals surface area contributed by atoms with Crippen molar-refractivity contribution in [3.8, 4) is 5.69 Å². The molecule has 0 spiro atoms. The Morgan fingerprint density at radius 1 is 0.846 bits per heavy atom. The summed E-state index contributed by atoms with van der Waals surface area (Å²) in [6.07, 6.45) is 1.71. The van der Waals surface area contributed by atoms with Crippen LogP contribution >= 0.6 is 15.9 Å². The summed E-state index contributed by atoms with van der Waals surface area (Å²) in [7, 11) is 0. The maximum atomic E-state index is 12.7.